The van der Waals surface area contributed by atoms with Crippen molar-refractivity contribution in [3.05, 3.63) is 12.7 Å². The highest BCUT2D eigenvalue weighted by Gasteiger charge is 2.21. The summed E-state index contributed by atoms with van der Waals surface area (Å²) in [5, 5.41) is 16.8. The molecular formula is C4H7NO4. The van der Waals surface area contributed by atoms with Gasteiger partial charge in [-0.25, -0.2) is 4.79 Å². The van der Waals surface area contributed by atoms with Gasteiger partial charge in [0.15, 0.2) is 0 Å². The first-order chi connectivity index (χ1) is 3.98. The van der Waals surface area contributed by atoms with Gasteiger partial charge in [0.1, 0.15) is 0 Å². The average Bonchev–Trinajstić information content (AvgIpc) is 1.63. The lowest BCUT2D eigenvalue weighted by Crippen LogP contribution is -2.34. The number of rotatable bonds is 2. The Kier molecular flexibility index (Phi) is 2.18. The Hall–Kier alpha value is -1.07. The molecule has 0 radical (unpaired) electrons. The maximum absolute atomic E-state index is 9.81. The summed E-state index contributed by atoms with van der Waals surface area (Å²) >= 11 is 0. The molecule has 0 aromatic rings. The molecule has 0 aliphatic heterocycles. The van der Waals surface area contributed by atoms with Gasteiger partial charge in [-0.3, -0.25) is 0 Å². The number of carbonyl (C=O) groups is 1. The molecule has 0 aromatic carbocycles. The molecule has 9 heavy (non-hydrogen) atoms. The maximum Gasteiger partial charge on any atom is 0.409 e. The summed E-state index contributed by atoms with van der Waals surface area (Å²) < 4.78 is 3.72. The summed E-state index contributed by atoms with van der Waals surface area (Å²) in [6.07, 6.45) is -0.655. The molecule has 0 aliphatic carbocycles. The lowest BCUT2D eigenvalue weighted by Gasteiger charge is -2.14. The first-order valence-electron chi connectivity index (χ1n) is 2.05. The zero-order chi connectivity index (χ0) is 7.49. The summed E-state index contributed by atoms with van der Waals surface area (Å²) in [5.74, 6) is -2.65. The highest BCUT2D eigenvalue weighted by atomic mass is 16.8. The fourth-order valence-corrected chi connectivity index (χ4v) is 0.190. The van der Waals surface area contributed by atoms with Crippen LogP contribution in [-0.4, -0.2) is 22.3 Å². The van der Waals surface area contributed by atoms with Gasteiger partial charge in [0, 0.05) is 6.08 Å². The third-order valence-electron chi connectivity index (χ3n) is 0.517. The van der Waals surface area contributed by atoms with Crippen molar-refractivity contribution in [1.29, 1.82) is 0 Å². The molecule has 5 heteroatoms. The van der Waals surface area contributed by atoms with E-state index < -0.39 is 12.1 Å². The van der Waals surface area contributed by atoms with Gasteiger partial charge in [0.2, 0.25) is 0 Å². The fraction of sp³-hybridized carbons (Fsp3) is 0.250. The highest BCUT2D eigenvalue weighted by molar-refractivity contribution is 5.65. The van der Waals surface area contributed by atoms with Crippen LogP contribution in [0.2, 0.25) is 0 Å². The number of primary amides is 1. The van der Waals surface area contributed by atoms with Crippen LogP contribution in [0.5, 0.6) is 0 Å². The van der Waals surface area contributed by atoms with Gasteiger partial charge in [-0.2, -0.15) is 0 Å². The number of nitrogens with two attached hydrogens (primary N) is 1. The third kappa shape index (κ3) is 3.51. The quantitative estimate of drug-likeness (QED) is 0.329. The predicted octanol–water partition coefficient (Wildman–Crippen LogP) is -1.09. The van der Waals surface area contributed by atoms with Crippen LogP contribution in [-0.2, 0) is 4.74 Å². The molecule has 5 nitrogen and oxygen atoms in total. The van der Waals surface area contributed by atoms with E-state index in [9.17, 15) is 4.79 Å². The van der Waals surface area contributed by atoms with E-state index in [0.717, 1.165) is 0 Å². The second-order valence-electron chi connectivity index (χ2n) is 1.28. The van der Waals surface area contributed by atoms with Crippen LogP contribution in [0.4, 0.5) is 4.79 Å². The van der Waals surface area contributed by atoms with Gasteiger partial charge < -0.3 is 20.7 Å². The van der Waals surface area contributed by atoms with E-state index in [2.05, 4.69) is 17.0 Å². The van der Waals surface area contributed by atoms with Crippen molar-refractivity contribution in [3.63, 3.8) is 0 Å². The summed E-state index contributed by atoms with van der Waals surface area (Å²) in [4.78, 5) is 9.81. The zero-order valence-corrected chi connectivity index (χ0v) is 4.57. The molecular weight excluding hydrogens is 126 g/mol. The van der Waals surface area contributed by atoms with E-state index in [1.165, 1.54) is 0 Å². The Morgan fingerprint density at radius 3 is 2.33 bits per heavy atom. The van der Waals surface area contributed by atoms with Crippen molar-refractivity contribution in [2.45, 2.75) is 5.97 Å². The van der Waals surface area contributed by atoms with Gasteiger partial charge in [-0.05, 0) is 0 Å². The van der Waals surface area contributed by atoms with Crippen molar-refractivity contribution in [2.75, 3.05) is 0 Å². The minimum absolute atomic E-state index is 0.623. The van der Waals surface area contributed by atoms with Crippen molar-refractivity contribution in [2.24, 2.45) is 5.73 Å². The van der Waals surface area contributed by atoms with Crippen molar-refractivity contribution >= 4 is 6.09 Å². The van der Waals surface area contributed by atoms with Crippen LogP contribution in [0.3, 0.4) is 0 Å². The van der Waals surface area contributed by atoms with Crippen LogP contribution in [0.15, 0.2) is 12.7 Å². The Morgan fingerprint density at radius 2 is 2.22 bits per heavy atom. The molecule has 1 amide bonds. The largest absolute Gasteiger partial charge is 0.409 e. The lowest BCUT2D eigenvalue weighted by atomic mass is 10.5. The smallest absolute Gasteiger partial charge is 0.388 e. The topological polar surface area (TPSA) is 92.8 Å². The van der Waals surface area contributed by atoms with E-state index >= 15 is 0 Å². The Balaban J connectivity index is 3.86. The summed E-state index contributed by atoms with van der Waals surface area (Å²) in [7, 11) is 0. The molecule has 4 N–H and O–H groups in total. The number of carbonyl (C=O) groups excluding carboxylic acids is 1. The van der Waals surface area contributed by atoms with Gasteiger partial charge in [0.05, 0.1) is 0 Å². The first-order valence-corrected chi connectivity index (χ1v) is 2.05. The maximum atomic E-state index is 9.81. The van der Waals surface area contributed by atoms with E-state index in [0.29, 0.717) is 6.08 Å². The molecule has 0 saturated carbocycles. The summed E-state index contributed by atoms with van der Waals surface area (Å²) in [6.45, 7) is 2.95. The van der Waals surface area contributed by atoms with Crippen molar-refractivity contribution in [3.8, 4) is 0 Å². The molecule has 0 rings (SSSR count). The summed E-state index contributed by atoms with van der Waals surface area (Å²) in [6, 6.07) is 0. The monoisotopic (exact) mass is 133 g/mol. The molecule has 52 valence electrons. The van der Waals surface area contributed by atoms with E-state index in [1.54, 1.807) is 0 Å². The molecule has 0 unspecified atom stereocenters. The molecule has 0 saturated heterocycles. The van der Waals surface area contributed by atoms with Gasteiger partial charge in [-0.15, -0.1) is 0 Å². The standard InChI is InChI=1S/C4H7NO4/c1-2-4(7,8)9-3(5)6/h2,7-8H,1H2,(H2,5,6). The highest BCUT2D eigenvalue weighted by Crippen LogP contribution is 2.00. The molecule has 0 heterocycles. The number of amides is 1. The summed E-state index contributed by atoms with van der Waals surface area (Å²) in [5.41, 5.74) is 4.43. The Bertz CT molecular complexity index is 131. The van der Waals surface area contributed by atoms with Gasteiger partial charge >= 0.3 is 12.1 Å². The molecule has 0 bridgehead atoms. The first kappa shape index (κ1) is 7.93. The molecule has 0 spiro atoms. The van der Waals surface area contributed by atoms with Crippen LogP contribution in [0.1, 0.15) is 0 Å². The van der Waals surface area contributed by atoms with Crippen LogP contribution < -0.4 is 5.73 Å². The molecule has 0 atom stereocenters. The van der Waals surface area contributed by atoms with E-state index in [1.807, 2.05) is 0 Å². The normalized spacial score (nSPS) is 10.4. The number of hydrogen-bond donors (Lipinski definition) is 3. The molecule has 0 fully saturated rings. The minimum atomic E-state index is -2.65. The Labute approximate surface area is 51.3 Å². The fourth-order valence-electron chi connectivity index (χ4n) is 0.190. The van der Waals surface area contributed by atoms with Crippen molar-refractivity contribution in [1.82, 2.24) is 0 Å². The van der Waals surface area contributed by atoms with Crippen LogP contribution in [0, 0.1) is 0 Å². The second kappa shape index (κ2) is 2.47. The van der Waals surface area contributed by atoms with Gasteiger partial charge in [0.25, 0.3) is 0 Å². The van der Waals surface area contributed by atoms with Gasteiger partial charge in [-0.1, -0.05) is 6.58 Å². The lowest BCUT2D eigenvalue weighted by molar-refractivity contribution is -0.268. The van der Waals surface area contributed by atoms with E-state index in [-0.39, 0.29) is 0 Å². The molecule has 0 aliphatic rings. The number of hydrogen-bond acceptors (Lipinski definition) is 4. The van der Waals surface area contributed by atoms with Crippen LogP contribution >= 0.6 is 0 Å². The zero-order valence-electron chi connectivity index (χ0n) is 4.57. The van der Waals surface area contributed by atoms with Crippen LogP contribution in [0.25, 0.3) is 0 Å². The Morgan fingerprint density at radius 1 is 1.78 bits per heavy atom. The SMILES string of the molecule is C=CC(O)(O)OC(N)=O. The minimum Gasteiger partial charge on any atom is -0.388 e. The average molecular weight is 133 g/mol. The number of ether oxygens (including phenoxy) is 1. The predicted molar refractivity (Wildman–Crippen MR) is 28.0 cm³/mol. The van der Waals surface area contributed by atoms with E-state index in [4.69, 9.17) is 10.2 Å². The van der Waals surface area contributed by atoms with Crippen molar-refractivity contribution < 1.29 is 19.7 Å². The third-order valence-corrected chi connectivity index (χ3v) is 0.517. The number of aliphatic hydroxyl groups is 2. The molecule has 0 aromatic heterocycles. The second-order valence-corrected chi connectivity index (χ2v) is 1.28.